The summed E-state index contributed by atoms with van der Waals surface area (Å²) in [6.45, 7) is 0.0699. The van der Waals surface area contributed by atoms with E-state index in [1.165, 1.54) is 17.2 Å². The fourth-order valence-electron chi connectivity index (χ4n) is 2.40. The average Bonchev–Trinajstić information content (AvgIpc) is 3.14. The summed E-state index contributed by atoms with van der Waals surface area (Å²) in [4.78, 5) is 18.3. The molecule has 8 nitrogen and oxygen atoms in total. The first-order valence-electron chi connectivity index (χ1n) is 8.33. The van der Waals surface area contributed by atoms with Crippen LogP contribution in [0.4, 0.5) is 14.8 Å². The SMILES string of the molecule is N#Cc1ccc(CN(Cc2nnc(N)o2)C(=O)CSc2cc(F)cc(F)c2Cl)cn1. The molecule has 2 N–H and O–H groups in total. The molecule has 0 fully saturated rings. The molecule has 1 amide bonds. The van der Waals surface area contributed by atoms with Crippen molar-refractivity contribution < 1.29 is 18.0 Å². The zero-order valence-electron chi connectivity index (χ0n) is 15.2. The molecule has 3 aromatic rings. The van der Waals surface area contributed by atoms with Gasteiger partial charge in [0.25, 0.3) is 0 Å². The third-order valence-corrected chi connectivity index (χ3v) is 5.31. The summed E-state index contributed by atoms with van der Waals surface area (Å²) in [6.07, 6.45) is 1.47. The number of benzene rings is 1. The number of carbonyl (C=O) groups excluding carboxylic acids is 1. The molecule has 30 heavy (non-hydrogen) atoms. The van der Waals surface area contributed by atoms with Crippen LogP contribution in [0.25, 0.3) is 0 Å². The normalized spacial score (nSPS) is 10.6. The van der Waals surface area contributed by atoms with E-state index in [0.29, 0.717) is 11.6 Å². The molecular weight excluding hydrogens is 438 g/mol. The van der Waals surface area contributed by atoms with Crippen LogP contribution < -0.4 is 5.73 Å². The van der Waals surface area contributed by atoms with Crippen LogP contribution in [0.1, 0.15) is 17.1 Å². The molecule has 0 radical (unpaired) electrons. The van der Waals surface area contributed by atoms with Crippen molar-refractivity contribution in [1.82, 2.24) is 20.1 Å². The maximum Gasteiger partial charge on any atom is 0.312 e. The molecule has 0 aliphatic heterocycles. The highest BCUT2D eigenvalue weighted by Crippen LogP contribution is 2.30. The number of halogens is 3. The monoisotopic (exact) mass is 450 g/mol. The van der Waals surface area contributed by atoms with Gasteiger partial charge in [0.15, 0.2) is 0 Å². The van der Waals surface area contributed by atoms with E-state index >= 15 is 0 Å². The number of anilines is 1. The van der Waals surface area contributed by atoms with Crippen LogP contribution in [0, 0.1) is 23.0 Å². The van der Waals surface area contributed by atoms with E-state index in [4.69, 9.17) is 27.0 Å². The predicted octanol–water partition coefficient (Wildman–Crippen LogP) is 3.17. The van der Waals surface area contributed by atoms with Gasteiger partial charge in [-0.15, -0.1) is 16.9 Å². The van der Waals surface area contributed by atoms with Crippen LogP contribution in [-0.2, 0) is 17.9 Å². The number of nitrogen functional groups attached to an aromatic ring is 1. The third-order valence-electron chi connectivity index (χ3n) is 3.78. The summed E-state index contributed by atoms with van der Waals surface area (Å²) < 4.78 is 32.2. The molecule has 0 aliphatic rings. The molecule has 0 aliphatic carbocycles. The molecule has 2 heterocycles. The fourth-order valence-corrected chi connectivity index (χ4v) is 3.55. The average molecular weight is 451 g/mol. The quantitative estimate of drug-likeness (QED) is 0.430. The molecule has 0 atom stereocenters. The summed E-state index contributed by atoms with van der Waals surface area (Å²) in [5.41, 5.74) is 6.30. The molecule has 0 bridgehead atoms. The number of rotatable bonds is 7. The highest BCUT2D eigenvalue weighted by Gasteiger charge is 2.20. The molecule has 1 aromatic carbocycles. The maximum absolute atomic E-state index is 13.6. The molecule has 12 heteroatoms. The number of pyridine rings is 1. The van der Waals surface area contributed by atoms with E-state index in [2.05, 4.69) is 15.2 Å². The highest BCUT2D eigenvalue weighted by molar-refractivity contribution is 8.00. The second-order valence-corrected chi connectivity index (χ2v) is 7.33. The van der Waals surface area contributed by atoms with Crippen molar-refractivity contribution in [2.45, 2.75) is 18.0 Å². The van der Waals surface area contributed by atoms with Crippen LogP contribution in [0.5, 0.6) is 0 Å². The lowest BCUT2D eigenvalue weighted by Crippen LogP contribution is -2.31. The second-order valence-electron chi connectivity index (χ2n) is 5.94. The van der Waals surface area contributed by atoms with Gasteiger partial charge in [-0.3, -0.25) is 4.79 Å². The van der Waals surface area contributed by atoms with E-state index in [-0.39, 0.29) is 52.3 Å². The van der Waals surface area contributed by atoms with E-state index in [1.807, 2.05) is 6.07 Å². The Hall–Kier alpha value is -3.23. The largest absolute Gasteiger partial charge is 0.406 e. The molecule has 0 saturated heterocycles. The first-order chi connectivity index (χ1) is 14.4. The first-order valence-corrected chi connectivity index (χ1v) is 9.70. The Morgan fingerprint density at radius 2 is 2.10 bits per heavy atom. The summed E-state index contributed by atoms with van der Waals surface area (Å²) in [5.74, 6) is -2.14. The third kappa shape index (κ3) is 5.43. The lowest BCUT2D eigenvalue weighted by atomic mass is 10.2. The van der Waals surface area contributed by atoms with Crippen molar-refractivity contribution >= 4 is 35.3 Å². The number of amides is 1. The fraction of sp³-hybridized carbons (Fsp3) is 0.167. The number of hydrogen-bond donors (Lipinski definition) is 1. The maximum atomic E-state index is 13.6. The summed E-state index contributed by atoms with van der Waals surface area (Å²) >= 11 is 6.74. The standard InChI is InChI=1S/C18H13ClF2N6O2S/c19-17-13(21)3-11(20)4-14(17)30-9-16(28)27(8-15-25-26-18(23)29-15)7-10-1-2-12(5-22)24-6-10/h1-4,6H,7-9H2,(H2,23,26). The van der Waals surface area contributed by atoms with E-state index in [1.54, 1.807) is 6.07 Å². The lowest BCUT2D eigenvalue weighted by Gasteiger charge is -2.21. The number of carbonyl (C=O) groups is 1. The smallest absolute Gasteiger partial charge is 0.312 e. The Kier molecular flexibility index (Phi) is 6.81. The topological polar surface area (TPSA) is 122 Å². The Morgan fingerprint density at radius 3 is 2.73 bits per heavy atom. The van der Waals surface area contributed by atoms with E-state index < -0.39 is 11.6 Å². The van der Waals surface area contributed by atoms with Gasteiger partial charge < -0.3 is 15.1 Å². The molecule has 2 aromatic heterocycles. The van der Waals surface area contributed by atoms with E-state index in [0.717, 1.165) is 17.8 Å². The molecule has 154 valence electrons. The number of nitriles is 1. The van der Waals surface area contributed by atoms with Crippen molar-refractivity contribution in [2.24, 2.45) is 0 Å². The number of aromatic nitrogens is 3. The van der Waals surface area contributed by atoms with Crippen LogP contribution in [0.3, 0.4) is 0 Å². The highest BCUT2D eigenvalue weighted by atomic mass is 35.5. The van der Waals surface area contributed by atoms with Crippen LogP contribution in [0.15, 0.2) is 39.8 Å². The molecule has 0 unspecified atom stereocenters. The van der Waals surface area contributed by atoms with Gasteiger partial charge in [0, 0.05) is 23.7 Å². The summed E-state index contributed by atoms with van der Waals surface area (Å²) in [5, 5.41) is 15.9. The lowest BCUT2D eigenvalue weighted by molar-refractivity contribution is -0.129. The van der Waals surface area contributed by atoms with Crippen molar-refractivity contribution in [3.8, 4) is 6.07 Å². The minimum absolute atomic E-state index is 0.0468. The number of nitrogens with two attached hydrogens (primary N) is 1. The Labute approximate surface area is 178 Å². The van der Waals surface area contributed by atoms with Gasteiger partial charge in [0.05, 0.1) is 17.3 Å². The van der Waals surface area contributed by atoms with E-state index in [9.17, 15) is 13.6 Å². The number of hydrogen-bond acceptors (Lipinski definition) is 8. The Morgan fingerprint density at radius 1 is 1.30 bits per heavy atom. The van der Waals surface area contributed by atoms with Crippen LogP contribution in [0.2, 0.25) is 5.02 Å². The van der Waals surface area contributed by atoms with Crippen molar-refractivity contribution in [2.75, 3.05) is 11.5 Å². The zero-order valence-corrected chi connectivity index (χ0v) is 16.8. The van der Waals surface area contributed by atoms with Crippen molar-refractivity contribution in [3.05, 3.63) is 64.3 Å². The first kappa shape index (κ1) is 21.5. The van der Waals surface area contributed by atoms with Crippen LogP contribution in [-0.4, -0.2) is 31.7 Å². The minimum atomic E-state index is -0.909. The van der Waals surface area contributed by atoms with Crippen LogP contribution >= 0.6 is 23.4 Å². The molecule has 3 rings (SSSR count). The van der Waals surface area contributed by atoms with Crippen molar-refractivity contribution in [1.29, 1.82) is 5.26 Å². The summed E-state index contributed by atoms with van der Waals surface area (Å²) in [6, 6.07) is 6.66. The van der Waals surface area contributed by atoms with Crippen molar-refractivity contribution in [3.63, 3.8) is 0 Å². The zero-order chi connectivity index (χ0) is 21.7. The van der Waals surface area contributed by atoms with Gasteiger partial charge in [0.1, 0.15) is 23.4 Å². The Bertz CT molecular complexity index is 1100. The predicted molar refractivity (Wildman–Crippen MR) is 104 cm³/mol. The van der Waals surface area contributed by atoms with Gasteiger partial charge in [-0.2, -0.15) is 5.26 Å². The van der Waals surface area contributed by atoms with Gasteiger partial charge in [-0.25, -0.2) is 13.8 Å². The molecule has 0 saturated carbocycles. The molecular formula is C18H13ClF2N6O2S. The second kappa shape index (κ2) is 9.51. The van der Waals surface area contributed by atoms with Gasteiger partial charge >= 0.3 is 6.01 Å². The minimum Gasteiger partial charge on any atom is -0.406 e. The molecule has 0 spiro atoms. The van der Waals surface area contributed by atoms with Gasteiger partial charge in [0.2, 0.25) is 11.8 Å². The number of thioether (sulfide) groups is 1. The Balaban J connectivity index is 1.76. The van der Waals surface area contributed by atoms with Gasteiger partial charge in [-0.05, 0) is 17.7 Å². The summed E-state index contributed by atoms with van der Waals surface area (Å²) in [7, 11) is 0. The van der Waals surface area contributed by atoms with Gasteiger partial charge in [-0.1, -0.05) is 22.8 Å². The number of nitrogens with zero attached hydrogens (tertiary/aromatic N) is 5.